The molecule has 3 heterocycles. The van der Waals surface area contributed by atoms with Crippen molar-refractivity contribution in [2.45, 2.75) is 51.5 Å². The van der Waals surface area contributed by atoms with E-state index in [0.717, 1.165) is 57.6 Å². The van der Waals surface area contributed by atoms with Gasteiger partial charge in [-0.25, -0.2) is 13.4 Å². The predicted octanol–water partition coefficient (Wildman–Crippen LogP) is 5.31. The summed E-state index contributed by atoms with van der Waals surface area (Å²) < 4.78 is 26.6. The quantitative estimate of drug-likeness (QED) is 0.467. The van der Waals surface area contributed by atoms with E-state index in [2.05, 4.69) is 19.4 Å². The third-order valence-corrected chi connectivity index (χ3v) is 7.79. The fourth-order valence-corrected chi connectivity index (χ4v) is 5.30. The van der Waals surface area contributed by atoms with Crippen molar-refractivity contribution < 1.29 is 9.13 Å². The van der Waals surface area contributed by atoms with Crippen LogP contribution in [-0.4, -0.2) is 46.9 Å². The van der Waals surface area contributed by atoms with Gasteiger partial charge in [-0.3, -0.25) is 4.79 Å². The number of nitrogens with zero attached hydrogens (tertiary/aromatic N) is 3. The Labute approximate surface area is 209 Å². The van der Waals surface area contributed by atoms with E-state index in [-0.39, 0.29) is 28.4 Å². The van der Waals surface area contributed by atoms with Crippen molar-refractivity contribution in [3.63, 3.8) is 0 Å². The van der Waals surface area contributed by atoms with Crippen LogP contribution in [0, 0.1) is 11.7 Å². The van der Waals surface area contributed by atoms with E-state index < -0.39 is 0 Å². The zero-order valence-corrected chi connectivity index (χ0v) is 21.3. The van der Waals surface area contributed by atoms with Gasteiger partial charge in [-0.1, -0.05) is 31.5 Å². The Balaban J connectivity index is 1.29. The summed E-state index contributed by atoms with van der Waals surface area (Å²) >= 11 is 7.79. The molecular formula is C24H33ClFN5O2S. The average Bonchev–Trinajstić information content (AvgIpc) is 2.85. The first-order chi connectivity index (χ1) is 16.4. The lowest BCUT2D eigenvalue weighted by atomic mass is 10.0. The van der Waals surface area contributed by atoms with Crippen LogP contribution in [0.3, 0.4) is 0 Å². The Hall–Kier alpha value is -1.81. The van der Waals surface area contributed by atoms with E-state index >= 15 is 0 Å². The van der Waals surface area contributed by atoms with E-state index in [9.17, 15) is 9.18 Å². The summed E-state index contributed by atoms with van der Waals surface area (Å²) in [7, 11) is 0. The molecule has 0 radical (unpaired) electrons. The molecule has 2 saturated heterocycles. The second kappa shape index (κ2) is 11.7. The van der Waals surface area contributed by atoms with Crippen LogP contribution in [0.1, 0.15) is 57.1 Å². The molecule has 1 atom stereocenters. The van der Waals surface area contributed by atoms with Crippen molar-refractivity contribution in [1.82, 2.24) is 14.1 Å². The zero-order valence-electron chi connectivity index (χ0n) is 19.7. The Morgan fingerprint density at radius 2 is 2.06 bits per heavy atom. The van der Waals surface area contributed by atoms with E-state index in [4.69, 9.17) is 16.3 Å². The van der Waals surface area contributed by atoms with Gasteiger partial charge in [-0.05, 0) is 55.2 Å². The number of benzene rings is 1. The molecule has 2 aliphatic rings. The first-order valence-corrected chi connectivity index (χ1v) is 13.1. The first-order valence-electron chi connectivity index (χ1n) is 12.0. The fraction of sp³-hybridized carbons (Fsp3) is 0.583. The Morgan fingerprint density at radius 3 is 2.74 bits per heavy atom. The standard InChI is InChI=1S/C24H33ClFN5O2S/c1-16(2)18-5-6-21(20(26)12-18)29-34-30-9-7-19(8-10-30)31-24(32)23(25)22(14-28-31)27-13-17-4-3-11-33-15-17/h5-6,12,14,16-17,19,27,29H,3-4,7-11,13,15H2,1-2H3/t17-/m0/s1. The van der Waals surface area contributed by atoms with Gasteiger partial charge in [0.15, 0.2) is 0 Å². The lowest BCUT2D eigenvalue weighted by Crippen LogP contribution is -2.36. The molecule has 2 fully saturated rings. The minimum Gasteiger partial charge on any atom is -0.382 e. The third kappa shape index (κ3) is 6.24. The number of rotatable bonds is 8. The number of hydrogen-bond donors (Lipinski definition) is 2. The van der Waals surface area contributed by atoms with E-state index in [1.165, 1.54) is 16.8 Å². The Bertz CT molecular complexity index is 1020. The largest absolute Gasteiger partial charge is 0.382 e. The number of anilines is 2. The molecule has 0 saturated carbocycles. The van der Waals surface area contributed by atoms with Crippen molar-refractivity contribution in [1.29, 1.82) is 0 Å². The Kier molecular flexibility index (Phi) is 8.74. The maximum atomic E-state index is 14.4. The van der Waals surface area contributed by atoms with Gasteiger partial charge in [0.25, 0.3) is 5.56 Å². The van der Waals surface area contributed by atoms with Gasteiger partial charge < -0.3 is 14.8 Å². The number of halogens is 2. The van der Waals surface area contributed by atoms with Crippen molar-refractivity contribution in [2.75, 3.05) is 42.9 Å². The fourth-order valence-electron chi connectivity index (χ4n) is 4.32. The first kappa shape index (κ1) is 25.3. The van der Waals surface area contributed by atoms with Crippen LogP contribution >= 0.6 is 23.7 Å². The van der Waals surface area contributed by atoms with Gasteiger partial charge in [0.2, 0.25) is 0 Å². The highest BCUT2D eigenvalue weighted by Gasteiger charge is 2.24. The number of piperidine rings is 1. The van der Waals surface area contributed by atoms with Crippen LogP contribution in [-0.2, 0) is 4.74 Å². The molecule has 7 nitrogen and oxygen atoms in total. The summed E-state index contributed by atoms with van der Waals surface area (Å²) in [4.78, 5) is 12.9. The summed E-state index contributed by atoms with van der Waals surface area (Å²) in [6.07, 6.45) is 5.35. The van der Waals surface area contributed by atoms with Crippen LogP contribution in [0.5, 0.6) is 0 Å². The summed E-state index contributed by atoms with van der Waals surface area (Å²) in [6.45, 7) is 7.87. The molecule has 1 aromatic heterocycles. The average molecular weight is 510 g/mol. The molecule has 0 bridgehead atoms. The molecule has 186 valence electrons. The van der Waals surface area contributed by atoms with Crippen LogP contribution in [0.2, 0.25) is 5.02 Å². The van der Waals surface area contributed by atoms with Crippen molar-refractivity contribution in [3.8, 4) is 0 Å². The molecule has 2 N–H and O–H groups in total. The van der Waals surface area contributed by atoms with Crippen molar-refractivity contribution in [2.24, 2.45) is 5.92 Å². The lowest BCUT2D eigenvalue weighted by molar-refractivity contribution is 0.0595. The van der Waals surface area contributed by atoms with Gasteiger partial charge in [0, 0.05) is 38.4 Å². The molecule has 1 aromatic carbocycles. The summed E-state index contributed by atoms with van der Waals surface area (Å²) in [5.41, 5.74) is 1.78. The van der Waals surface area contributed by atoms with E-state index in [1.54, 1.807) is 18.3 Å². The molecule has 0 spiro atoms. The molecular weight excluding hydrogens is 477 g/mol. The van der Waals surface area contributed by atoms with Crippen LogP contribution in [0.4, 0.5) is 15.8 Å². The minimum absolute atomic E-state index is 0.00953. The maximum Gasteiger partial charge on any atom is 0.287 e. The normalized spacial score (nSPS) is 20.0. The van der Waals surface area contributed by atoms with E-state index in [1.807, 2.05) is 19.9 Å². The number of nitrogens with one attached hydrogen (secondary N) is 2. The second-order valence-corrected chi connectivity index (χ2v) is 10.6. The van der Waals surface area contributed by atoms with Gasteiger partial charge in [-0.15, -0.1) is 0 Å². The number of ether oxygens (including phenoxy) is 1. The highest BCUT2D eigenvalue weighted by Crippen LogP contribution is 2.29. The number of aromatic nitrogens is 2. The SMILES string of the molecule is CC(C)c1ccc(NSN2CCC(n3ncc(NC[C@@H]4CCCOC4)c(Cl)c3=O)CC2)c(F)c1. The highest BCUT2D eigenvalue weighted by atomic mass is 35.5. The highest BCUT2D eigenvalue weighted by molar-refractivity contribution is 7.98. The summed E-state index contributed by atoms with van der Waals surface area (Å²) in [6, 6.07) is 5.31. The minimum atomic E-state index is -0.261. The van der Waals surface area contributed by atoms with Crippen molar-refractivity contribution >= 4 is 35.1 Å². The summed E-state index contributed by atoms with van der Waals surface area (Å²) in [5.74, 6) is 0.463. The lowest BCUT2D eigenvalue weighted by Gasteiger charge is -2.31. The Morgan fingerprint density at radius 1 is 1.26 bits per heavy atom. The molecule has 0 amide bonds. The molecule has 2 aromatic rings. The second-order valence-electron chi connectivity index (χ2n) is 9.33. The van der Waals surface area contributed by atoms with Crippen LogP contribution < -0.4 is 15.6 Å². The molecule has 0 aliphatic carbocycles. The summed E-state index contributed by atoms with van der Waals surface area (Å²) in [5, 5.41) is 7.87. The molecule has 4 rings (SSSR count). The molecule has 2 aliphatic heterocycles. The van der Waals surface area contributed by atoms with Gasteiger partial charge in [-0.2, -0.15) is 5.10 Å². The van der Waals surface area contributed by atoms with E-state index in [0.29, 0.717) is 23.8 Å². The van der Waals surface area contributed by atoms with Gasteiger partial charge in [0.05, 0.1) is 30.2 Å². The smallest absolute Gasteiger partial charge is 0.287 e. The predicted molar refractivity (Wildman–Crippen MR) is 137 cm³/mol. The number of hydrogen-bond acceptors (Lipinski definition) is 7. The zero-order chi connectivity index (χ0) is 24.1. The molecule has 34 heavy (non-hydrogen) atoms. The molecule has 10 heteroatoms. The van der Waals surface area contributed by atoms with Gasteiger partial charge in [0.1, 0.15) is 10.8 Å². The van der Waals surface area contributed by atoms with Crippen molar-refractivity contribution in [3.05, 3.63) is 51.2 Å². The molecule has 0 unspecified atom stereocenters. The van der Waals surface area contributed by atoms with Gasteiger partial charge >= 0.3 is 0 Å². The van der Waals surface area contributed by atoms with Crippen LogP contribution in [0.15, 0.2) is 29.2 Å². The topological polar surface area (TPSA) is 71.4 Å². The third-order valence-electron chi connectivity index (χ3n) is 6.49. The van der Waals surface area contributed by atoms with Crippen LogP contribution in [0.25, 0.3) is 0 Å². The monoisotopic (exact) mass is 509 g/mol. The maximum absolute atomic E-state index is 14.4.